The zero-order valence-electron chi connectivity index (χ0n) is 14.9. The van der Waals surface area contributed by atoms with Gasteiger partial charge in [0.2, 0.25) is 0 Å². The van der Waals surface area contributed by atoms with E-state index < -0.39 is 0 Å². The van der Waals surface area contributed by atoms with E-state index in [0.29, 0.717) is 17.4 Å². The Morgan fingerprint density at radius 3 is 2.33 bits per heavy atom. The zero-order chi connectivity index (χ0) is 17.2. The average Bonchev–Trinajstić information content (AvgIpc) is 2.61. The molecule has 0 aromatic heterocycles. The molecular formula is C20H28O4. The number of hydrogen-bond acceptors (Lipinski definition) is 4. The SMILES string of the molecule is COC(=O)c1ccc([C@H]2CCCC[C@@H]2C2OCC(C)(C)CO2)cc1. The van der Waals surface area contributed by atoms with Crippen molar-refractivity contribution >= 4 is 5.97 Å². The molecule has 4 heteroatoms. The van der Waals surface area contributed by atoms with E-state index >= 15 is 0 Å². The maximum Gasteiger partial charge on any atom is 0.337 e. The molecule has 2 atom stereocenters. The first-order valence-electron chi connectivity index (χ1n) is 8.92. The third kappa shape index (κ3) is 3.81. The minimum atomic E-state index is -0.289. The Kier molecular flexibility index (Phi) is 5.26. The molecule has 0 spiro atoms. The Morgan fingerprint density at radius 1 is 1.08 bits per heavy atom. The highest BCUT2D eigenvalue weighted by Crippen LogP contribution is 2.42. The lowest BCUT2D eigenvalue weighted by molar-refractivity contribution is -0.249. The van der Waals surface area contributed by atoms with Crippen molar-refractivity contribution in [3.8, 4) is 0 Å². The van der Waals surface area contributed by atoms with Crippen LogP contribution in [0.1, 0.15) is 61.4 Å². The third-order valence-corrected chi connectivity index (χ3v) is 5.21. The van der Waals surface area contributed by atoms with Crippen LogP contribution < -0.4 is 0 Å². The van der Waals surface area contributed by atoms with Crippen LogP contribution >= 0.6 is 0 Å². The molecule has 24 heavy (non-hydrogen) atoms. The van der Waals surface area contributed by atoms with Gasteiger partial charge in [0.1, 0.15) is 0 Å². The summed E-state index contributed by atoms with van der Waals surface area (Å²) in [5, 5.41) is 0. The Morgan fingerprint density at radius 2 is 1.71 bits per heavy atom. The van der Waals surface area contributed by atoms with Crippen LogP contribution in [0.25, 0.3) is 0 Å². The van der Waals surface area contributed by atoms with Gasteiger partial charge in [-0.1, -0.05) is 38.8 Å². The number of carbonyl (C=O) groups is 1. The molecule has 0 radical (unpaired) electrons. The van der Waals surface area contributed by atoms with Crippen molar-refractivity contribution in [1.82, 2.24) is 0 Å². The van der Waals surface area contributed by atoms with Crippen LogP contribution in [0.5, 0.6) is 0 Å². The molecule has 0 bridgehead atoms. The van der Waals surface area contributed by atoms with Crippen LogP contribution in [0.2, 0.25) is 0 Å². The zero-order valence-corrected chi connectivity index (χ0v) is 14.9. The van der Waals surface area contributed by atoms with Crippen LogP contribution in [0, 0.1) is 11.3 Å². The van der Waals surface area contributed by atoms with Crippen molar-refractivity contribution in [3.63, 3.8) is 0 Å². The molecule has 1 aliphatic carbocycles. The van der Waals surface area contributed by atoms with Crippen molar-refractivity contribution in [2.24, 2.45) is 11.3 Å². The molecule has 3 rings (SSSR count). The summed E-state index contributed by atoms with van der Waals surface area (Å²) < 4.78 is 16.9. The van der Waals surface area contributed by atoms with Crippen LogP contribution in [0.15, 0.2) is 24.3 Å². The van der Waals surface area contributed by atoms with Crippen LogP contribution in [-0.4, -0.2) is 32.6 Å². The summed E-state index contributed by atoms with van der Waals surface area (Å²) >= 11 is 0. The second kappa shape index (κ2) is 7.24. The molecule has 0 amide bonds. The standard InChI is InChI=1S/C20H28O4/c1-20(2)12-23-19(24-13-20)17-7-5-4-6-16(17)14-8-10-15(11-9-14)18(21)22-3/h8-11,16-17,19H,4-7,12-13H2,1-3H3/t16-,17+/m1/s1. The smallest absolute Gasteiger partial charge is 0.337 e. The van der Waals surface area contributed by atoms with Gasteiger partial charge in [-0.15, -0.1) is 0 Å². The van der Waals surface area contributed by atoms with E-state index in [2.05, 4.69) is 26.0 Å². The number of methoxy groups -OCH3 is 1. The summed E-state index contributed by atoms with van der Waals surface area (Å²) in [6.45, 7) is 5.85. The molecule has 1 heterocycles. The molecule has 4 nitrogen and oxygen atoms in total. The van der Waals surface area contributed by atoms with Gasteiger partial charge in [0, 0.05) is 11.3 Å². The minimum absolute atomic E-state index is 0.100. The van der Waals surface area contributed by atoms with Gasteiger partial charge in [-0.3, -0.25) is 0 Å². The van der Waals surface area contributed by atoms with Gasteiger partial charge in [-0.2, -0.15) is 0 Å². The Balaban J connectivity index is 1.74. The lowest BCUT2D eigenvalue weighted by Crippen LogP contribution is -2.43. The second-order valence-electron chi connectivity index (χ2n) is 7.82. The van der Waals surface area contributed by atoms with Crippen LogP contribution in [0.3, 0.4) is 0 Å². The predicted octanol–water partition coefficient (Wildman–Crippen LogP) is 4.15. The monoisotopic (exact) mass is 332 g/mol. The summed E-state index contributed by atoms with van der Waals surface area (Å²) in [6.07, 6.45) is 4.64. The molecule has 2 fully saturated rings. The van der Waals surface area contributed by atoms with Gasteiger partial charge in [0.15, 0.2) is 6.29 Å². The molecule has 132 valence electrons. The highest BCUT2D eigenvalue weighted by atomic mass is 16.7. The van der Waals surface area contributed by atoms with E-state index in [-0.39, 0.29) is 17.7 Å². The lowest BCUT2D eigenvalue weighted by Gasteiger charge is -2.42. The summed E-state index contributed by atoms with van der Waals surface area (Å²) in [5.41, 5.74) is 1.97. The molecule has 1 aromatic carbocycles. The predicted molar refractivity (Wildman–Crippen MR) is 92.0 cm³/mol. The van der Waals surface area contributed by atoms with E-state index in [1.165, 1.54) is 25.5 Å². The van der Waals surface area contributed by atoms with E-state index in [0.717, 1.165) is 26.1 Å². The summed E-state index contributed by atoms with van der Waals surface area (Å²) in [7, 11) is 1.41. The first-order valence-corrected chi connectivity index (χ1v) is 8.92. The van der Waals surface area contributed by atoms with Gasteiger partial charge in [0.05, 0.1) is 25.9 Å². The van der Waals surface area contributed by atoms with Crippen molar-refractivity contribution in [3.05, 3.63) is 35.4 Å². The summed E-state index contributed by atoms with van der Waals surface area (Å²) in [5.74, 6) is 0.526. The lowest BCUT2D eigenvalue weighted by atomic mass is 9.74. The highest BCUT2D eigenvalue weighted by molar-refractivity contribution is 5.89. The van der Waals surface area contributed by atoms with Crippen LogP contribution in [-0.2, 0) is 14.2 Å². The maximum absolute atomic E-state index is 11.6. The molecule has 2 aliphatic rings. The topological polar surface area (TPSA) is 44.8 Å². The average molecular weight is 332 g/mol. The molecule has 1 saturated carbocycles. The quantitative estimate of drug-likeness (QED) is 0.780. The Hall–Kier alpha value is -1.39. The number of rotatable bonds is 3. The van der Waals surface area contributed by atoms with Gasteiger partial charge in [-0.05, 0) is 36.5 Å². The van der Waals surface area contributed by atoms with Crippen molar-refractivity contribution in [2.75, 3.05) is 20.3 Å². The van der Waals surface area contributed by atoms with E-state index in [1.807, 2.05) is 12.1 Å². The van der Waals surface area contributed by atoms with E-state index in [4.69, 9.17) is 14.2 Å². The highest BCUT2D eigenvalue weighted by Gasteiger charge is 2.38. The minimum Gasteiger partial charge on any atom is -0.465 e. The molecule has 0 N–H and O–H groups in total. The molecule has 1 aliphatic heterocycles. The first-order chi connectivity index (χ1) is 11.5. The van der Waals surface area contributed by atoms with Gasteiger partial charge >= 0.3 is 5.97 Å². The molecule has 0 unspecified atom stereocenters. The normalized spacial score (nSPS) is 27.6. The molecular weight excluding hydrogens is 304 g/mol. The number of esters is 1. The third-order valence-electron chi connectivity index (χ3n) is 5.21. The van der Waals surface area contributed by atoms with Crippen molar-refractivity contribution < 1.29 is 19.0 Å². The Bertz CT molecular complexity index is 554. The fourth-order valence-electron chi connectivity index (χ4n) is 3.84. The summed E-state index contributed by atoms with van der Waals surface area (Å²) in [4.78, 5) is 11.6. The van der Waals surface area contributed by atoms with Gasteiger partial charge in [-0.25, -0.2) is 4.79 Å². The largest absolute Gasteiger partial charge is 0.465 e. The van der Waals surface area contributed by atoms with E-state index in [1.54, 1.807) is 0 Å². The van der Waals surface area contributed by atoms with Crippen LogP contribution in [0.4, 0.5) is 0 Å². The maximum atomic E-state index is 11.6. The van der Waals surface area contributed by atoms with Gasteiger partial charge < -0.3 is 14.2 Å². The summed E-state index contributed by atoms with van der Waals surface area (Å²) in [6, 6.07) is 7.83. The fourth-order valence-corrected chi connectivity index (χ4v) is 3.84. The van der Waals surface area contributed by atoms with E-state index in [9.17, 15) is 4.79 Å². The number of benzene rings is 1. The number of carbonyl (C=O) groups excluding carboxylic acids is 1. The second-order valence-corrected chi connectivity index (χ2v) is 7.82. The molecule has 1 saturated heterocycles. The van der Waals surface area contributed by atoms with Gasteiger partial charge in [0.25, 0.3) is 0 Å². The Labute approximate surface area is 144 Å². The first kappa shape index (κ1) is 17.4. The number of hydrogen-bond donors (Lipinski definition) is 0. The fraction of sp³-hybridized carbons (Fsp3) is 0.650. The van der Waals surface area contributed by atoms with Crippen molar-refractivity contribution in [2.45, 2.75) is 51.7 Å². The number of ether oxygens (including phenoxy) is 3. The van der Waals surface area contributed by atoms with Crippen molar-refractivity contribution in [1.29, 1.82) is 0 Å². The molecule has 1 aromatic rings.